The van der Waals surface area contributed by atoms with Crippen molar-refractivity contribution >= 4 is 5.91 Å². The molecule has 0 radical (unpaired) electrons. The third-order valence-corrected chi connectivity index (χ3v) is 4.80. The number of hydrogen-bond acceptors (Lipinski definition) is 4. The number of nitrogens with zero attached hydrogens (tertiary/aromatic N) is 1. The van der Waals surface area contributed by atoms with Gasteiger partial charge in [-0.15, -0.1) is 6.42 Å². The van der Waals surface area contributed by atoms with Gasteiger partial charge in [0, 0.05) is 26.7 Å². The Hall–Kier alpha value is -1.09. The Morgan fingerprint density at radius 2 is 2.05 bits per heavy atom. The maximum atomic E-state index is 12.9. The van der Waals surface area contributed by atoms with Crippen molar-refractivity contribution in [1.29, 1.82) is 0 Å². The van der Waals surface area contributed by atoms with Gasteiger partial charge in [-0.25, -0.2) is 0 Å². The van der Waals surface area contributed by atoms with Crippen LogP contribution in [-0.2, 0) is 19.0 Å². The van der Waals surface area contributed by atoms with E-state index in [9.17, 15) is 4.79 Å². The zero-order valence-corrected chi connectivity index (χ0v) is 14.2. The smallest absolute Gasteiger partial charge is 0.225 e. The molecule has 2 aliphatic heterocycles. The van der Waals surface area contributed by atoms with Crippen LogP contribution in [0.4, 0.5) is 0 Å². The molecule has 2 fully saturated rings. The molecule has 0 unspecified atom stereocenters. The molecule has 0 bridgehead atoms. The lowest BCUT2D eigenvalue weighted by atomic mass is 9.96. The van der Waals surface area contributed by atoms with Crippen LogP contribution in [0.3, 0.4) is 0 Å². The number of rotatable bonds is 5. The van der Waals surface area contributed by atoms with Gasteiger partial charge in [0.2, 0.25) is 11.7 Å². The average molecular weight is 309 g/mol. The van der Waals surface area contributed by atoms with Crippen molar-refractivity contribution < 1.29 is 19.0 Å². The standard InChI is InChI=1S/C17H27NO4/c1-7-13-9-18(16(19)12(4)8-11(2)3)15-14(13)22-10-17(15,20-5)21-6/h1,11-15H,8-10H2,2-6H3/t12-,13+,14+,15-/m0/s1. The summed E-state index contributed by atoms with van der Waals surface area (Å²) in [7, 11) is 3.16. The highest BCUT2D eigenvalue weighted by Crippen LogP contribution is 2.42. The van der Waals surface area contributed by atoms with Gasteiger partial charge >= 0.3 is 0 Å². The number of hydrogen-bond donors (Lipinski definition) is 0. The second-order valence-electron chi connectivity index (χ2n) is 6.73. The summed E-state index contributed by atoms with van der Waals surface area (Å²) < 4.78 is 17.0. The van der Waals surface area contributed by atoms with Crippen molar-refractivity contribution in [2.75, 3.05) is 27.4 Å². The highest BCUT2D eigenvalue weighted by atomic mass is 16.7. The fraction of sp³-hybridized carbons (Fsp3) is 0.824. The van der Waals surface area contributed by atoms with E-state index in [-0.39, 0.29) is 36.5 Å². The second-order valence-corrected chi connectivity index (χ2v) is 6.73. The molecule has 2 aliphatic rings. The van der Waals surface area contributed by atoms with E-state index in [0.717, 1.165) is 6.42 Å². The second kappa shape index (κ2) is 6.57. The number of carbonyl (C=O) groups excluding carboxylic acids is 1. The first kappa shape index (κ1) is 17.3. The minimum Gasteiger partial charge on any atom is -0.369 e. The van der Waals surface area contributed by atoms with E-state index in [1.54, 1.807) is 14.2 Å². The van der Waals surface area contributed by atoms with E-state index in [1.807, 2.05) is 11.8 Å². The zero-order chi connectivity index (χ0) is 16.5. The molecule has 22 heavy (non-hydrogen) atoms. The summed E-state index contributed by atoms with van der Waals surface area (Å²) in [6.07, 6.45) is 6.26. The predicted octanol–water partition coefficient (Wildman–Crippen LogP) is 1.52. The molecule has 0 N–H and O–H groups in total. The van der Waals surface area contributed by atoms with Crippen LogP contribution in [0.1, 0.15) is 27.2 Å². The lowest BCUT2D eigenvalue weighted by Gasteiger charge is -2.37. The first-order valence-electron chi connectivity index (χ1n) is 7.88. The lowest BCUT2D eigenvalue weighted by molar-refractivity contribution is -0.227. The van der Waals surface area contributed by atoms with Crippen LogP contribution in [0.5, 0.6) is 0 Å². The molecule has 0 aromatic rings. The summed E-state index contributed by atoms with van der Waals surface area (Å²) in [5, 5.41) is 0. The summed E-state index contributed by atoms with van der Waals surface area (Å²) in [5.41, 5.74) is 0. The van der Waals surface area contributed by atoms with Gasteiger partial charge in [0.05, 0.1) is 12.0 Å². The van der Waals surface area contributed by atoms with Crippen LogP contribution in [0.25, 0.3) is 0 Å². The van der Waals surface area contributed by atoms with E-state index in [0.29, 0.717) is 12.5 Å². The highest BCUT2D eigenvalue weighted by Gasteiger charge is 2.61. The molecule has 4 atom stereocenters. The zero-order valence-electron chi connectivity index (χ0n) is 14.2. The van der Waals surface area contributed by atoms with Crippen molar-refractivity contribution in [2.24, 2.45) is 17.8 Å². The molecule has 2 saturated heterocycles. The number of ether oxygens (including phenoxy) is 3. The van der Waals surface area contributed by atoms with Crippen LogP contribution in [0.2, 0.25) is 0 Å². The van der Waals surface area contributed by atoms with E-state index in [1.165, 1.54) is 0 Å². The van der Waals surface area contributed by atoms with Gasteiger partial charge in [0.15, 0.2) is 0 Å². The van der Waals surface area contributed by atoms with E-state index < -0.39 is 5.79 Å². The van der Waals surface area contributed by atoms with Gasteiger partial charge < -0.3 is 19.1 Å². The minimum absolute atomic E-state index is 0.0517. The Morgan fingerprint density at radius 1 is 1.41 bits per heavy atom. The van der Waals surface area contributed by atoms with Crippen molar-refractivity contribution in [3.63, 3.8) is 0 Å². The molecule has 1 amide bonds. The summed E-state index contributed by atoms with van der Waals surface area (Å²) in [6, 6.07) is -0.286. The fourth-order valence-electron chi connectivity index (χ4n) is 3.73. The third kappa shape index (κ3) is 2.76. The molecule has 0 aliphatic carbocycles. The van der Waals surface area contributed by atoms with Gasteiger partial charge in [-0.2, -0.15) is 0 Å². The quantitative estimate of drug-likeness (QED) is 0.571. The Balaban J connectivity index is 2.26. The Bertz CT molecular complexity index is 452. The summed E-state index contributed by atoms with van der Waals surface area (Å²) >= 11 is 0. The minimum atomic E-state index is -0.927. The molecular formula is C17H27NO4. The molecule has 0 aromatic carbocycles. The molecule has 0 spiro atoms. The monoisotopic (exact) mass is 309 g/mol. The van der Waals surface area contributed by atoms with Gasteiger partial charge in [0.25, 0.3) is 0 Å². The number of fused-ring (bicyclic) bond motifs is 1. The number of terminal acetylenes is 1. The maximum Gasteiger partial charge on any atom is 0.225 e. The molecule has 2 heterocycles. The normalized spacial score (nSPS) is 31.1. The van der Waals surface area contributed by atoms with E-state index >= 15 is 0 Å². The van der Waals surface area contributed by atoms with Crippen LogP contribution >= 0.6 is 0 Å². The largest absolute Gasteiger partial charge is 0.369 e. The summed E-state index contributed by atoms with van der Waals surface area (Å²) in [5.74, 6) is 2.23. The Labute approximate surface area is 133 Å². The third-order valence-electron chi connectivity index (χ3n) is 4.80. The molecule has 2 rings (SSSR count). The van der Waals surface area contributed by atoms with Crippen molar-refractivity contribution in [3.05, 3.63) is 0 Å². The first-order chi connectivity index (χ1) is 10.4. The van der Waals surface area contributed by atoms with Crippen molar-refractivity contribution in [1.82, 2.24) is 4.90 Å². The van der Waals surface area contributed by atoms with Gasteiger partial charge in [-0.3, -0.25) is 4.79 Å². The lowest BCUT2D eigenvalue weighted by Crippen LogP contribution is -2.55. The molecule has 0 aromatic heterocycles. The topological polar surface area (TPSA) is 48.0 Å². The number of amides is 1. The van der Waals surface area contributed by atoms with Crippen LogP contribution in [0.15, 0.2) is 0 Å². The Morgan fingerprint density at radius 3 is 2.55 bits per heavy atom. The number of carbonyl (C=O) groups is 1. The number of methoxy groups -OCH3 is 2. The van der Waals surface area contributed by atoms with Crippen LogP contribution in [0, 0.1) is 30.1 Å². The van der Waals surface area contributed by atoms with Crippen molar-refractivity contribution in [3.8, 4) is 12.3 Å². The summed E-state index contributed by atoms with van der Waals surface area (Å²) in [4.78, 5) is 14.7. The van der Waals surface area contributed by atoms with Gasteiger partial charge in [0.1, 0.15) is 12.6 Å². The number of likely N-dealkylation sites (tertiary alicyclic amines) is 1. The average Bonchev–Trinajstić information content (AvgIpc) is 3.04. The SMILES string of the molecule is C#C[C@@H]1CN(C(=O)[C@@H](C)CC(C)C)[C@H]2[C@@H]1OCC2(OC)OC. The maximum absolute atomic E-state index is 12.9. The predicted molar refractivity (Wildman–Crippen MR) is 82.9 cm³/mol. The van der Waals surface area contributed by atoms with Gasteiger partial charge in [-0.05, 0) is 12.3 Å². The molecule has 0 saturated carbocycles. The van der Waals surface area contributed by atoms with E-state index in [2.05, 4.69) is 19.8 Å². The molecular weight excluding hydrogens is 282 g/mol. The Kier molecular flexibility index (Phi) is 5.16. The van der Waals surface area contributed by atoms with Gasteiger partial charge in [-0.1, -0.05) is 26.7 Å². The van der Waals surface area contributed by atoms with Crippen LogP contribution < -0.4 is 0 Å². The van der Waals surface area contributed by atoms with Crippen LogP contribution in [-0.4, -0.2) is 56.1 Å². The van der Waals surface area contributed by atoms with E-state index in [4.69, 9.17) is 20.6 Å². The molecule has 5 nitrogen and oxygen atoms in total. The first-order valence-corrected chi connectivity index (χ1v) is 7.88. The fourth-order valence-corrected chi connectivity index (χ4v) is 3.73. The summed E-state index contributed by atoms with van der Waals surface area (Å²) in [6.45, 7) is 7.00. The molecule has 5 heteroatoms. The van der Waals surface area contributed by atoms with Crippen molar-refractivity contribution in [2.45, 2.75) is 45.1 Å². The highest BCUT2D eigenvalue weighted by molar-refractivity contribution is 5.79. The molecule has 124 valence electrons.